The van der Waals surface area contributed by atoms with Gasteiger partial charge in [-0.2, -0.15) is 0 Å². The Bertz CT molecular complexity index is 1270. The molecule has 0 aliphatic heterocycles. The lowest BCUT2D eigenvalue weighted by molar-refractivity contribution is -0.123. The van der Waals surface area contributed by atoms with Crippen LogP contribution < -0.4 is 15.4 Å². The molecule has 1 aliphatic carbocycles. The minimum Gasteiger partial charge on any atom is -0.484 e. The Hall–Kier alpha value is -4.00. The van der Waals surface area contributed by atoms with Crippen molar-refractivity contribution in [2.24, 2.45) is 0 Å². The van der Waals surface area contributed by atoms with E-state index >= 15 is 0 Å². The molecule has 2 aromatic carbocycles. The summed E-state index contributed by atoms with van der Waals surface area (Å²) in [5.74, 6) is 1.46. The Morgan fingerprint density at radius 2 is 1.85 bits per heavy atom. The molecule has 0 fully saturated rings. The third-order valence-corrected chi connectivity index (χ3v) is 5.74. The molecule has 2 aromatic heterocycles. The first kappa shape index (κ1) is 20.9. The van der Waals surface area contributed by atoms with Crippen LogP contribution >= 0.6 is 0 Å². The number of amides is 2. The molecule has 0 saturated heterocycles. The molecule has 7 heteroatoms. The van der Waals surface area contributed by atoms with Crippen molar-refractivity contribution in [1.29, 1.82) is 0 Å². The van der Waals surface area contributed by atoms with Gasteiger partial charge in [0.2, 0.25) is 0 Å². The van der Waals surface area contributed by atoms with Crippen LogP contribution in [-0.2, 0) is 24.2 Å². The van der Waals surface area contributed by atoms with Crippen molar-refractivity contribution in [3.8, 4) is 5.75 Å². The van der Waals surface area contributed by atoms with Crippen molar-refractivity contribution in [3.63, 3.8) is 0 Å². The van der Waals surface area contributed by atoms with Gasteiger partial charge >= 0.3 is 0 Å². The van der Waals surface area contributed by atoms with E-state index in [0.29, 0.717) is 18.0 Å². The van der Waals surface area contributed by atoms with E-state index in [1.54, 1.807) is 24.3 Å². The monoisotopic (exact) mass is 444 g/mol. The number of ether oxygens (including phenoxy) is 1. The smallest absolute Gasteiger partial charge is 0.291 e. The Labute approximate surface area is 190 Å². The van der Waals surface area contributed by atoms with Gasteiger partial charge in [-0.15, -0.1) is 0 Å². The lowest BCUT2D eigenvalue weighted by Crippen LogP contribution is -2.28. The fraction of sp³-hybridized carbons (Fsp3) is 0.231. The van der Waals surface area contributed by atoms with Crippen LogP contribution in [0.15, 0.2) is 69.7 Å². The molecule has 168 valence electrons. The van der Waals surface area contributed by atoms with Crippen LogP contribution in [0.5, 0.6) is 5.75 Å². The summed E-state index contributed by atoms with van der Waals surface area (Å²) >= 11 is 0. The summed E-state index contributed by atoms with van der Waals surface area (Å²) in [6.07, 6.45) is 5.80. The number of hydrogen-bond donors (Lipinski definition) is 2. The first-order chi connectivity index (χ1) is 16.2. The molecule has 7 nitrogen and oxygen atoms in total. The minimum atomic E-state index is -0.313. The van der Waals surface area contributed by atoms with Gasteiger partial charge in [-0.05, 0) is 67.3 Å². The molecule has 5 rings (SSSR count). The van der Waals surface area contributed by atoms with Crippen molar-refractivity contribution in [1.82, 2.24) is 5.32 Å². The molecule has 2 N–H and O–H groups in total. The fourth-order valence-corrected chi connectivity index (χ4v) is 4.04. The highest BCUT2D eigenvalue weighted by Crippen LogP contribution is 2.33. The van der Waals surface area contributed by atoms with Crippen molar-refractivity contribution in [3.05, 3.63) is 83.5 Å². The molecule has 0 spiro atoms. The summed E-state index contributed by atoms with van der Waals surface area (Å²) in [4.78, 5) is 24.3. The van der Waals surface area contributed by atoms with Crippen LogP contribution in [0.4, 0.5) is 5.69 Å². The van der Waals surface area contributed by atoms with Gasteiger partial charge in [-0.3, -0.25) is 9.59 Å². The van der Waals surface area contributed by atoms with Crippen LogP contribution in [0.2, 0.25) is 0 Å². The van der Waals surface area contributed by atoms with Crippen LogP contribution in [0.25, 0.3) is 11.0 Å². The van der Waals surface area contributed by atoms with Gasteiger partial charge in [0.1, 0.15) is 17.1 Å². The summed E-state index contributed by atoms with van der Waals surface area (Å²) in [6, 6.07) is 16.2. The van der Waals surface area contributed by atoms with E-state index in [1.807, 2.05) is 30.3 Å². The molecule has 0 unspecified atom stereocenters. The summed E-state index contributed by atoms with van der Waals surface area (Å²) in [7, 11) is 0. The molecular formula is C26H24N2O5. The van der Waals surface area contributed by atoms with E-state index in [0.717, 1.165) is 35.1 Å². The highest BCUT2D eigenvalue weighted by Gasteiger charge is 2.18. The lowest BCUT2D eigenvalue weighted by Gasteiger charge is -2.10. The number of aryl methyl sites for hydroxylation is 2. The Kier molecular flexibility index (Phi) is 5.85. The zero-order chi connectivity index (χ0) is 22.6. The van der Waals surface area contributed by atoms with Crippen LogP contribution in [0.3, 0.4) is 0 Å². The third-order valence-electron chi connectivity index (χ3n) is 5.74. The van der Waals surface area contributed by atoms with E-state index in [1.165, 1.54) is 24.7 Å². The standard InChI is InChI=1S/C26H24N2O5/c29-25(16-32-19-11-12-23-21(14-19)20-4-1-2-5-22(20)33-23)27-15-17-7-9-18(10-8-17)28-26(30)24-6-3-13-31-24/h3,6-14H,1-2,4-5,15-16H2,(H,27,29)(H,28,30). The van der Waals surface area contributed by atoms with Gasteiger partial charge in [0, 0.05) is 29.6 Å². The fourth-order valence-electron chi connectivity index (χ4n) is 4.04. The zero-order valence-corrected chi connectivity index (χ0v) is 18.1. The first-order valence-electron chi connectivity index (χ1n) is 11.0. The topological polar surface area (TPSA) is 93.7 Å². The SMILES string of the molecule is O=C(COc1ccc2oc3c(c2c1)CCCC3)NCc1ccc(NC(=O)c2ccco2)cc1. The second kappa shape index (κ2) is 9.24. The number of nitrogens with one attached hydrogen (secondary N) is 2. The molecule has 2 heterocycles. The number of rotatable bonds is 7. The van der Waals surface area contributed by atoms with E-state index in [2.05, 4.69) is 10.6 Å². The van der Waals surface area contributed by atoms with E-state index < -0.39 is 0 Å². The third kappa shape index (κ3) is 4.77. The quantitative estimate of drug-likeness (QED) is 0.425. The van der Waals surface area contributed by atoms with E-state index in [4.69, 9.17) is 13.6 Å². The predicted molar refractivity (Wildman–Crippen MR) is 123 cm³/mol. The number of benzene rings is 2. The second-order valence-electron chi connectivity index (χ2n) is 8.06. The molecule has 0 radical (unpaired) electrons. The van der Waals surface area contributed by atoms with E-state index in [-0.39, 0.29) is 24.2 Å². The van der Waals surface area contributed by atoms with Gasteiger partial charge < -0.3 is 24.2 Å². The number of fused-ring (bicyclic) bond motifs is 3. The molecule has 2 amide bonds. The van der Waals surface area contributed by atoms with Gasteiger partial charge in [0.05, 0.1) is 6.26 Å². The van der Waals surface area contributed by atoms with Crippen molar-refractivity contribution in [2.45, 2.75) is 32.2 Å². The minimum absolute atomic E-state index is 0.0666. The highest BCUT2D eigenvalue weighted by molar-refractivity contribution is 6.02. The molecule has 0 bridgehead atoms. The summed E-state index contributed by atoms with van der Waals surface area (Å²) in [6.45, 7) is 0.297. The van der Waals surface area contributed by atoms with Gasteiger partial charge in [0.15, 0.2) is 12.4 Å². The maximum atomic E-state index is 12.3. The Balaban J connectivity index is 1.11. The number of furan rings is 2. The zero-order valence-electron chi connectivity index (χ0n) is 18.1. The molecule has 4 aromatic rings. The first-order valence-corrected chi connectivity index (χ1v) is 11.0. The number of carbonyl (C=O) groups is 2. The number of anilines is 1. The summed E-state index contributed by atoms with van der Waals surface area (Å²) in [5, 5.41) is 6.69. The van der Waals surface area contributed by atoms with Gasteiger partial charge in [0.25, 0.3) is 11.8 Å². The number of hydrogen-bond acceptors (Lipinski definition) is 5. The molecule has 0 atom stereocenters. The Morgan fingerprint density at radius 1 is 1.00 bits per heavy atom. The normalized spacial score (nSPS) is 12.8. The van der Waals surface area contributed by atoms with Crippen LogP contribution in [-0.4, -0.2) is 18.4 Å². The van der Waals surface area contributed by atoms with Gasteiger partial charge in [-0.25, -0.2) is 0 Å². The van der Waals surface area contributed by atoms with Crippen molar-refractivity contribution in [2.75, 3.05) is 11.9 Å². The highest BCUT2D eigenvalue weighted by atomic mass is 16.5. The molecule has 1 aliphatic rings. The van der Waals surface area contributed by atoms with Crippen LogP contribution in [0.1, 0.15) is 40.3 Å². The largest absolute Gasteiger partial charge is 0.484 e. The summed E-state index contributed by atoms with van der Waals surface area (Å²) < 4.78 is 16.7. The van der Waals surface area contributed by atoms with E-state index in [9.17, 15) is 9.59 Å². The Morgan fingerprint density at radius 3 is 2.67 bits per heavy atom. The predicted octanol–water partition coefficient (Wildman–Crippen LogP) is 4.85. The molecular weight excluding hydrogens is 420 g/mol. The number of carbonyl (C=O) groups excluding carboxylic acids is 2. The molecule has 0 saturated carbocycles. The summed E-state index contributed by atoms with van der Waals surface area (Å²) in [5.41, 5.74) is 3.70. The van der Waals surface area contributed by atoms with Gasteiger partial charge in [-0.1, -0.05) is 12.1 Å². The molecule has 33 heavy (non-hydrogen) atoms. The van der Waals surface area contributed by atoms with Crippen molar-refractivity contribution < 1.29 is 23.2 Å². The lowest BCUT2D eigenvalue weighted by atomic mass is 9.96. The average Bonchev–Trinajstić information content (AvgIpc) is 3.50. The average molecular weight is 444 g/mol. The van der Waals surface area contributed by atoms with Crippen molar-refractivity contribution >= 4 is 28.5 Å². The maximum absolute atomic E-state index is 12.3. The second-order valence-corrected chi connectivity index (χ2v) is 8.06. The van der Waals surface area contributed by atoms with Crippen LogP contribution in [0, 0.1) is 0 Å². The maximum Gasteiger partial charge on any atom is 0.291 e.